The highest BCUT2D eigenvalue weighted by Crippen LogP contribution is 2.23. The van der Waals surface area contributed by atoms with E-state index in [0.29, 0.717) is 17.9 Å². The average molecular weight is 284 g/mol. The lowest BCUT2D eigenvalue weighted by molar-refractivity contribution is 0.141. The SMILES string of the molecule is O=S1(=O)CCCC(Cc2cn3c(n2)CC(O)CC3)C1. The third-order valence-corrected chi connectivity index (χ3v) is 5.98. The van der Waals surface area contributed by atoms with Gasteiger partial charge < -0.3 is 9.67 Å². The third-order valence-electron chi connectivity index (χ3n) is 4.09. The molecule has 0 saturated carbocycles. The number of fused-ring (bicyclic) bond motifs is 1. The minimum Gasteiger partial charge on any atom is -0.393 e. The first-order valence-corrected chi connectivity index (χ1v) is 8.77. The van der Waals surface area contributed by atoms with E-state index in [1.165, 1.54) is 0 Å². The van der Waals surface area contributed by atoms with Gasteiger partial charge >= 0.3 is 0 Å². The van der Waals surface area contributed by atoms with Gasteiger partial charge in [-0.25, -0.2) is 13.4 Å². The molecule has 3 rings (SSSR count). The van der Waals surface area contributed by atoms with Crippen LogP contribution in [-0.4, -0.2) is 40.7 Å². The lowest BCUT2D eigenvalue weighted by atomic mass is 10.00. The Labute approximate surface area is 113 Å². The molecule has 6 heteroatoms. The van der Waals surface area contributed by atoms with Gasteiger partial charge in [-0.05, 0) is 31.6 Å². The standard InChI is InChI=1S/C13H20N2O3S/c16-12-3-4-15-8-11(14-13(15)7-12)6-10-2-1-5-19(17,18)9-10/h8,10,12,16H,1-7,9H2. The van der Waals surface area contributed by atoms with E-state index in [-0.39, 0.29) is 12.0 Å². The van der Waals surface area contributed by atoms with Crippen LogP contribution in [0.2, 0.25) is 0 Å². The molecule has 1 saturated heterocycles. The molecular formula is C13H20N2O3S. The highest BCUT2D eigenvalue weighted by Gasteiger charge is 2.26. The summed E-state index contributed by atoms with van der Waals surface area (Å²) in [4.78, 5) is 4.55. The molecule has 3 heterocycles. The van der Waals surface area contributed by atoms with Crippen LogP contribution in [0.1, 0.15) is 30.8 Å². The lowest BCUT2D eigenvalue weighted by Crippen LogP contribution is -2.26. The molecule has 5 nitrogen and oxygen atoms in total. The zero-order valence-corrected chi connectivity index (χ0v) is 11.8. The first-order chi connectivity index (χ1) is 9.02. The monoisotopic (exact) mass is 284 g/mol. The van der Waals surface area contributed by atoms with Crippen LogP contribution in [0, 0.1) is 5.92 Å². The van der Waals surface area contributed by atoms with Gasteiger partial charge in [-0.15, -0.1) is 0 Å². The fourth-order valence-corrected chi connectivity index (χ4v) is 4.92. The predicted octanol–water partition coefficient (Wildman–Crippen LogP) is 0.557. The Kier molecular flexibility index (Phi) is 3.39. The van der Waals surface area contributed by atoms with Crippen molar-refractivity contribution in [2.45, 2.75) is 44.8 Å². The molecule has 2 aliphatic heterocycles. The van der Waals surface area contributed by atoms with Crippen molar-refractivity contribution in [3.05, 3.63) is 17.7 Å². The number of nitrogens with zero attached hydrogens (tertiary/aromatic N) is 2. The van der Waals surface area contributed by atoms with E-state index < -0.39 is 9.84 Å². The van der Waals surface area contributed by atoms with E-state index in [1.54, 1.807) is 0 Å². The van der Waals surface area contributed by atoms with E-state index in [0.717, 1.165) is 43.7 Å². The Morgan fingerprint density at radius 1 is 1.42 bits per heavy atom. The number of aryl methyl sites for hydroxylation is 1. The van der Waals surface area contributed by atoms with E-state index in [4.69, 9.17) is 0 Å². The Bertz CT molecular complexity index is 564. The van der Waals surface area contributed by atoms with Crippen LogP contribution in [0.3, 0.4) is 0 Å². The summed E-state index contributed by atoms with van der Waals surface area (Å²) < 4.78 is 25.4. The fourth-order valence-electron chi connectivity index (χ4n) is 3.14. The van der Waals surface area contributed by atoms with Crippen LogP contribution in [0.15, 0.2) is 6.20 Å². The van der Waals surface area contributed by atoms with Crippen molar-refractivity contribution >= 4 is 9.84 Å². The van der Waals surface area contributed by atoms with Crippen molar-refractivity contribution in [1.82, 2.24) is 9.55 Å². The summed E-state index contributed by atoms with van der Waals surface area (Å²) in [6.45, 7) is 0.812. The number of aliphatic hydroxyl groups excluding tert-OH is 1. The summed E-state index contributed by atoms with van der Waals surface area (Å²) >= 11 is 0. The Morgan fingerprint density at radius 3 is 3.05 bits per heavy atom. The molecule has 1 fully saturated rings. The van der Waals surface area contributed by atoms with E-state index in [2.05, 4.69) is 9.55 Å². The van der Waals surface area contributed by atoms with Crippen molar-refractivity contribution < 1.29 is 13.5 Å². The molecule has 2 unspecified atom stereocenters. The first-order valence-electron chi connectivity index (χ1n) is 6.95. The second-order valence-corrected chi connectivity index (χ2v) is 8.04. The molecule has 1 aromatic heterocycles. The summed E-state index contributed by atoms with van der Waals surface area (Å²) in [6.07, 6.45) is 5.64. The molecule has 1 aromatic rings. The molecule has 2 atom stereocenters. The minimum absolute atomic E-state index is 0.209. The molecular weight excluding hydrogens is 264 g/mol. The van der Waals surface area contributed by atoms with Gasteiger partial charge in [-0.1, -0.05) is 0 Å². The summed E-state index contributed by atoms with van der Waals surface area (Å²) in [7, 11) is -2.84. The molecule has 19 heavy (non-hydrogen) atoms. The Balaban J connectivity index is 1.70. The molecule has 1 N–H and O–H groups in total. The van der Waals surface area contributed by atoms with Crippen molar-refractivity contribution in [3.8, 4) is 0 Å². The van der Waals surface area contributed by atoms with Crippen LogP contribution in [0.4, 0.5) is 0 Å². The summed E-state index contributed by atoms with van der Waals surface area (Å²) in [6, 6.07) is 0. The summed E-state index contributed by atoms with van der Waals surface area (Å²) in [5.74, 6) is 1.79. The number of rotatable bonds is 2. The Morgan fingerprint density at radius 2 is 2.26 bits per heavy atom. The van der Waals surface area contributed by atoms with Gasteiger partial charge in [-0.3, -0.25) is 0 Å². The van der Waals surface area contributed by atoms with Gasteiger partial charge in [0.15, 0.2) is 9.84 Å². The van der Waals surface area contributed by atoms with Crippen molar-refractivity contribution in [2.75, 3.05) is 11.5 Å². The molecule has 0 aliphatic carbocycles. The number of hydrogen-bond acceptors (Lipinski definition) is 4. The Hall–Kier alpha value is -0.880. The van der Waals surface area contributed by atoms with Crippen molar-refractivity contribution in [2.24, 2.45) is 5.92 Å². The summed E-state index contributed by atoms with van der Waals surface area (Å²) in [5, 5.41) is 9.62. The molecule has 0 radical (unpaired) electrons. The van der Waals surface area contributed by atoms with Crippen LogP contribution in [-0.2, 0) is 29.2 Å². The maximum absolute atomic E-state index is 11.6. The van der Waals surface area contributed by atoms with E-state index >= 15 is 0 Å². The van der Waals surface area contributed by atoms with Gasteiger partial charge in [-0.2, -0.15) is 0 Å². The van der Waals surface area contributed by atoms with Crippen LogP contribution < -0.4 is 0 Å². The fraction of sp³-hybridized carbons (Fsp3) is 0.769. The first kappa shape index (κ1) is 13.1. The molecule has 0 bridgehead atoms. The highest BCUT2D eigenvalue weighted by molar-refractivity contribution is 7.91. The van der Waals surface area contributed by atoms with Crippen LogP contribution in [0.25, 0.3) is 0 Å². The largest absolute Gasteiger partial charge is 0.393 e. The minimum atomic E-state index is -2.84. The van der Waals surface area contributed by atoms with Crippen molar-refractivity contribution in [3.63, 3.8) is 0 Å². The number of aromatic nitrogens is 2. The number of sulfone groups is 1. The zero-order chi connectivity index (χ0) is 13.5. The van der Waals surface area contributed by atoms with Crippen LogP contribution in [0.5, 0.6) is 0 Å². The van der Waals surface area contributed by atoms with Crippen molar-refractivity contribution in [1.29, 1.82) is 0 Å². The van der Waals surface area contributed by atoms with E-state index in [1.807, 2.05) is 6.20 Å². The molecule has 2 aliphatic rings. The van der Waals surface area contributed by atoms with Gasteiger partial charge in [0.25, 0.3) is 0 Å². The normalized spacial score (nSPS) is 29.9. The zero-order valence-electron chi connectivity index (χ0n) is 11.0. The second-order valence-electron chi connectivity index (χ2n) is 5.82. The van der Waals surface area contributed by atoms with Crippen LogP contribution >= 0.6 is 0 Å². The van der Waals surface area contributed by atoms with Gasteiger partial charge in [0.2, 0.25) is 0 Å². The number of hydrogen-bond donors (Lipinski definition) is 1. The lowest BCUT2D eigenvalue weighted by Gasteiger charge is -2.20. The average Bonchev–Trinajstić information content (AvgIpc) is 2.68. The summed E-state index contributed by atoms with van der Waals surface area (Å²) in [5.41, 5.74) is 0.978. The third kappa shape index (κ3) is 3.00. The van der Waals surface area contributed by atoms with Gasteiger partial charge in [0.1, 0.15) is 5.82 Å². The molecule has 106 valence electrons. The van der Waals surface area contributed by atoms with Gasteiger partial charge in [0, 0.05) is 19.2 Å². The maximum atomic E-state index is 11.6. The molecule has 0 amide bonds. The predicted molar refractivity (Wildman–Crippen MR) is 71.6 cm³/mol. The maximum Gasteiger partial charge on any atom is 0.150 e. The molecule has 0 aromatic carbocycles. The quantitative estimate of drug-likeness (QED) is 0.861. The van der Waals surface area contributed by atoms with E-state index in [9.17, 15) is 13.5 Å². The second kappa shape index (κ2) is 4.90. The topological polar surface area (TPSA) is 72.2 Å². The number of aliphatic hydroxyl groups is 1. The van der Waals surface area contributed by atoms with Gasteiger partial charge in [0.05, 0.1) is 23.3 Å². The highest BCUT2D eigenvalue weighted by atomic mass is 32.2. The smallest absolute Gasteiger partial charge is 0.150 e. The molecule has 0 spiro atoms. The number of imidazole rings is 1.